The van der Waals surface area contributed by atoms with Crippen molar-refractivity contribution in [3.05, 3.63) is 98.0 Å². The van der Waals surface area contributed by atoms with Crippen LogP contribution >= 0.6 is 27.5 Å². The van der Waals surface area contributed by atoms with Gasteiger partial charge in [-0.15, -0.1) is 0 Å². The van der Waals surface area contributed by atoms with Gasteiger partial charge in [-0.2, -0.15) is 18.3 Å². The van der Waals surface area contributed by atoms with E-state index in [-0.39, 0.29) is 16.8 Å². The molecule has 1 heterocycles. The van der Waals surface area contributed by atoms with E-state index in [1.807, 2.05) is 12.1 Å². The topological polar surface area (TPSA) is 95.1 Å². The maximum absolute atomic E-state index is 13.1. The molecule has 2 amide bonds. The highest BCUT2D eigenvalue weighted by molar-refractivity contribution is 9.10. The first-order valence-corrected chi connectivity index (χ1v) is 14.2. The van der Waals surface area contributed by atoms with E-state index in [1.54, 1.807) is 24.3 Å². The van der Waals surface area contributed by atoms with Crippen molar-refractivity contribution in [2.24, 2.45) is 5.10 Å². The second kappa shape index (κ2) is 14.7. The lowest BCUT2D eigenvalue weighted by Gasteiger charge is -2.26. The summed E-state index contributed by atoms with van der Waals surface area (Å²) in [5.74, 6) is -1.09. The van der Waals surface area contributed by atoms with E-state index in [0.717, 1.165) is 63.3 Å². The summed E-state index contributed by atoms with van der Waals surface area (Å²) in [4.78, 5) is 28.2. The molecule has 0 aromatic heterocycles. The minimum absolute atomic E-state index is 0.0885. The molecule has 1 fully saturated rings. The number of carbonyl (C=O) groups is 2. The minimum Gasteiger partial charge on any atom is -0.379 e. The number of nitrogens with zero attached hydrogens (tertiary/aromatic N) is 2. The largest absolute Gasteiger partial charge is 0.417 e. The fourth-order valence-electron chi connectivity index (χ4n) is 4.14. The Morgan fingerprint density at radius 1 is 1.02 bits per heavy atom. The van der Waals surface area contributed by atoms with E-state index in [1.165, 1.54) is 12.1 Å². The lowest BCUT2D eigenvalue weighted by molar-refractivity contribution is -0.137. The molecule has 0 aliphatic carbocycles. The van der Waals surface area contributed by atoms with Crippen LogP contribution in [0.25, 0.3) is 0 Å². The van der Waals surface area contributed by atoms with Gasteiger partial charge in [0.15, 0.2) is 0 Å². The van der Waals surface area contributed by atoms with Gasteiger partial charge < -0.3 is 15.4 Å². The molecule has 4 rings (SSSR count). The van der Waals surface area contributed by atoms with Crippen LogP contribution in [0.15, 0.2) is 70.2 Å². The third kappa shape index (κ3) is 9.10. The number of nitrogens with one attached hydrogen (secondary N) is 3. The van der Waals surface area contributed by atoms with E-state index < -0.39 is 28.6 Å². The Hall–Kier alpha value is -3.29. The third-order valence-electron chi connectivity index (χ3n) is 6.40. The average Bonchev–Trinajstić information content (AvgIpc) is 2.97. The summed E-state index contributed by atoms with van der Waals surface area (Å²) in [5, 5.41) is 9.47. The van der Waals surface area contributed by atoms with E-state index in [4.69, 9.17) is 16.3 Å². The molecule has 1 aliphatic rings. The summed E-state index contributed by atoms with van der Waals surface area (Å²) in [6.07, 6.45) is -3.56. The number of amides is 2. The Bertz CT molecular complexity index is 1430. The van der Waals surface area contributed by atoms with Crippen molar-refractivity contribution in [3.63, 3.8) is 0 Å². The Labute approximate surface area is 254 Å². The molecule has 0 atom stereocenters. The third-order valence-corrected chi connectivity index (χ3v) is 7.23. The molecular weight excluding hydrogens is 639 g/mol. The standard InChI is InChI=1S/C29H28BrClF3N5O3/c30-22-6-8-26(23(16-22)28(41)38-36-18-20-3-7-25(31)24(15-20)29(32,33)34)37-27(40)21-4-1-19(2-5-21)17-35-9-10-39-11-13-42-14-12-39/h1-8,15-16,18,35H,9-14,17H2,(H,37,40)(H,38,41). The fourth-order valence-corrected chi connectivity index (χ4v) is 4.73. The summed E-state index contributed by atoms with van der Waals surface area (Å²) in [6.45, 7) is 5.86. The van der Waals surface area contributed by atoms with E-state index in [9.17, 15) is 22.8 Å². The maximum atomic E-state index is 13.1. The molecule has 3 aromatic carbocycles. The normalized spacial score (nSPS) is 14.2. The predicted octanol–water partition coefficient (Wildman–Crippen LogP) is 5.56. The number of hydrogen-bond acceptors (Lipinski definition) is 6. The van der Waals surface area contributed by atoms with Crippen LogP contribution in [0.5, 0.6) is 0 Å². The number of carbonyl (C=O) groups excluding carboxylic acids is 2. The van der Waals surface area contributed by atoms with Gasteiger partial charge in [-0.25, -0.2) is 5.43 Å². The molecule has 3 aromatic rings. The van der Waals surface area contributed by atoms with Crippen LogP contribution < -0.4 is 16.1 Å². The van der Waals surface area contributed by atoms with Crippen LogP contribution in [0.3, 0.4) is 0 Å². The van der Waals surface area contributed by atoms with Crippen LogP contribution in [-0.2, 0) is 17.5 Å². The summed E-state index contributed by atoms with van der Waals surface area (Å²) in [5.41, 5.74) is 3.12. The van der Waals surface area contributed by atoms with Crippen molar-refractivity contribution < 1.29 is 27.5 Å². The Kier molecular flexibility index (Phi) is 11.1. The van der Waals surface area contributed by atoms with E-state index >= 15 is 0 Å². The Balaban J connectivity index is 1.34. The first-order chi connectivity index (χ1) is 20.1. The maximum Gasteiger partial charge on any atom is 0.417 e. The van der Waals surface area contributed by atoms with Gasteiger partial charge in [-0.1, -0.05) is 45.7 Å². The predicted molar refractivity (Wildman–Crippen MR) is 159 cm³/mol. The monoisotopic (exact) mass is 665 g/mol. The molecule has 0 unspecified atom stereocenters. The molecule has 0 bridgehead atoms. The van der Waals surface area contributed by atoms with Crippen molar-refractivity contribution in [3.8, 4) is 0 Å². The van der Waals surface area contributed by atoms with Crippen LogP contribution in [0.1, 0.15) is 37.4 Å². The number of hydrogen-bond donors (Lipinski definition) is 3. The number of hydrazone groups is 1. The van der Waals surface area contributed by atoms with Crippen molar-refractivity contribution in [2.45, 2.75) is 12.7 Å². The van der Waals surface area contributed by atoms with Crippen LogP contribution in [0.4, 0.5) is 18.9 Å². The number of ether oxygens (including phenoxy) is 1. The first-order valence-electron chi connectivity index (χ1n) is 13.0. The minimum atomic E-state index is -4.63. The van der Waals surface area contributed by atoms with Gasteiger partial charge in [-0.05, 0) is 53.6 Å². The molecule has 8 nitrogen and oxygen atoms in total. The zero-order valence-corrected chi connectivity index (χ0v) is 24.7. The average molecular weight is 667 g/mol. The fraction of sp³-hybridized carbons (Fsp3) is 0.276. The number of alkyl halides is 3. The molecule has 42 heavy (non-hydrogen) atoms. The molecule has 222 valence electrons. The quantitative estimate of drug-likeness (QED) is 0.150. The van der Waals surface area contributed by atoms with Crippen LogP contribution in [0.2, 0.25) is 5.02 Å². The lowest BCUT2D eigenvalue weighted by atomic mass is 10.1. The molecule has 1 aliphatic heterocycles. The van der Waals surface area contributed by atoms with Crippen molar-refractivity contribution in [2.75, 3.05) is 44.7 Å². The first kappa shape index (κ1) is 31.6. The summed E-state index contributed by atoms with van der Waals surface area (Å²) in [7, 11) is 0. The lowest BCUT2D eigenvalue weighted by Crippen LogP contribution is -2.40. The van der Waals surface area contributed by atoms with Crippen LogP contribution in [-0.4, -0.2) is 62.3 Å². The SMILES string of the molecule is O=C(Nc1ccc(Br)cc1C(=O)NN=Cc1ccc(Cl)c(C(F)(F)F)c1)c1ccc(CNCCN2CCOCC2)cc1. The summed E-state index contributed by atoms with van der Waals surface area (Å²) >= 11 is 8.95. The second-order valence-corrected chi connectivity index (χ2v) is 10.7. The number of morpholine rings is 1. The molecule has 0 saturated carbocycles. The Morgan fingerprint density at radius 3 is 2.48 bits per heavy atom. The van der Waals surface area contributed by atoms with Gasteiger partial charge in [0.05, 0.1) is 41.3 Å². The molecule has 0 radical (unpaired) electrons. The number of anilines is 1. The highest BCUT2D eigenvalue weighted by atomic mass is 79.9. The van der Waals surface area contributed by atoms with Crippen molar-refractivity contribution >= 4 is 51.2 Å². The van der Waals surface area contributed by atoms with Crippen molar-refractivity contribution in [1.29, 1.82) is 0 Å². The number of rotatable bonds is 10. The smallest absolute Gasteiger partial charge is 0.379 e. The van der Waals surface area contributed by atoms with Gasteiger partial charge in [0, 0.05) is 42.8 Å². The van der Waals surface area contributed by atoms with E-state index in [0.29, 0.717) is 16.6 Å². The highest BCUT2D eigenvalue weighted by Gasteiger charge is 2.33. The Morgan fingerprint density at radius 2 is 1.76 bits per heavy atom. The molecule has 0 spiro atoms. The van der Waals surface area contributed by atoms with Gasteiger partial charge in [0.1, 0.15) is 0 Å². The molecular formula is C29H28BrClF3N5O3. The molecule has 13 heteroatoms. The second-order valence-electron chi connectivity index (χ2n) is 9.41. The zero-order valence-electron chi connectivity index (χ0n) is 22.3. The van der Waals surface area contributed by atoms with Gasteiger partial charge in [-0.3, -0.25) is 14.5 Å². The summed E-state index contributed by atoms with van der Waals surface area (Å²) in [6, 6.07) is 15.1. The number of halogens is 5. The molecule has 1 saturated heterocycles. The highest BCUT2D eigenvalue weighted by Crippen LogP contribution is 2.34. The molecule has 3 N–H and O–H groups in total. The van der Waals surface area contributed by atoms with Gasteiger partial charge in [0.25, 0.3) is 11.8 Å². The van der Waals surface area contributed by atoms with E-state index in [2.05, 4.69) is 42.0 Å². The van der Waals surface area contributed by atoms with Crippen molar-refractivity contribution in [1.82, 2.24) is 15.6 Å². The van der Waals surface area contributed by atoms with Gasteiger partial charge >= 0.3 is 6.18 Å². The summed E-state index contributed by atoms with van der Waals surface area (Å²) < 4.78 is 45.3. The number of benzene rings is 3. The van der Waals surface area contributed by atoms with Crippen LogP contribution in [0, 0.1) is 0 Å². The zero-order chi connectivity index (χ0) is 30.1. The van der Waals surface area contributed by atoms with Gasteiger partial charge in [0.2, 0.25) is 0 Å².